The van der Waals surface area contributed by atoms with Crippen molar-refractivity contribution in [3.05, 3.63) is 68.6 Å². The Kier molecular flexibility index (Phi) is 5.40. The first kappa shape index (κ1) is 19.9. The zero-order valence-corrected chi connectivity index (χ0v) is 17.2. The van der Waals surface area contributed by atoms with Crippen LogP contribution in [0.15, 0.2) is 35.1 Å². The molecule has 1 aromatic carbocycles. The van der Waals surface area contributed by atoms with Crippen LogP contribution >= 0.6 is 0 Å². The molecule has 28 heavy (non-hydrogen) atoms. The molecule has 2 heterocycles. The normalized spacial score (nSPS) is 17.2. The smallest absolute Gasteiger partial charge is 0.263 e. The fourth-order valence-electron chi connectivity index (χ4n) is 3.68. The Morgan fingerprint density at radius 3 is 2.50 bits per heavy atom. The minimum Gasteiger partial charge on any atom is -0.335 e. The predicted octanol–water partition coefficient (Wildman–Crippen LogP) is 2.18. The molecule has 6 heteroatoms. The van der Waals surface area contributed by atoms with Gasteiger partial charge in [0.1, 0.15) is 11.6 Å². The summed E-state index contributed by atoms with van der Waals surface area (Å²) in [5.41, 5.74) is 3.73. The van der Waals surface area contributed by atoms with Gasteiger partial charge in [-0.05, 0) is 44.9 Å². The van der Waals surface area contributed by atoms with Crippen LogP contribution in [0.2, 0.25) is 0 Å². The van der Waals surface area contributed by atoms with Crippen molar-refractivity contribution in [3.8, 4) is 0 Å². The standard InChI is InChI=1S/C22H27N3O3/c1-14-7-6-8-18(11-14)13-24-9-10-25(17(4)20(24)26)22(28)19-12-15(2)16(3)23(5)21(19)27/h6-8,11-12,17H,9-10,13H2,1-5H3. The molecule has 1 unspecified atom stereocenters. The van der Waals surface area contributed by atoms with Gasteiger partial charge in [-0.2, -0.15) is 0 Å². The molecular formula is C22H27N3O3. The van der Waals surface area contributed by atoms with Gasteiger partial charge in [0.25, 0.3) is 11.5 Å². The highest BCUT2D eigenvalue weighted by Gasteiger charge is 2.35. The lowest BCUT2D eigenvalue weighted by Crippen LogP contribution is -2.57. The molecule has 1 atom stereocenters. The lowest BCUT2D eigenvalue weighted by Gasteiger charge is -2.39. The van der Waals surface area contributed by atoms with Crippen LogP contribution in [0.25, 0.3) is 0 Å². The van der Waals surface area contributed by atoms with E-state index in [2.05, 4.69) is 6.07 Å². The largest absolute Gasteiger partial charge is 0.335 e. The van der Waals surface area contributed by atoms with Crippen molar-refractivity contribution in [2.75, 3.05) is 13.1 Å². The number of aryl methyl sites for hydroxylation is 2. The van der Waals surface area contributed by atoms with E-state index in [1.54, 1.807) is 24.9 Å². The summed E-state index contributed by atoms with van der Waals surface area (Å²) in [7, 11) is 1.66. The van der Waals surface area contributed by atoms with Crippen molar-refractivity contribution in [2.24, 2.45) is 7.05 Å². The summed E-state index contributed by atoms with van der Waals surface area (Å²) in [6.45, 7) is 8.86. The Balaban J connectivity index is 1.80. The van der Waals surface area contributed by atoms with E-state index < -0.39 is 6.04 Å². The van der Waals surface area contributed by atoms with E-state index in [4.69, 9.17) is 0 Å². The molecule has 3 rings (SSSR count). The molecule has 2 aromatic rings. The minimum atomic E-state index is -0.600. The van der Waals surface area contributed by atoms with Crippen LogP contribution in [0.5, 0.6) is 0 Å². The number of pyridine rings is 1. The molecule has 2 amide bonds. The molecule has 1 saturated heterocycles. The molecule has 0 saturated carbocycles. The third kappa shape index (κ3) is 3.59. The second kappa shape index (κ2) is 7.62. The molecule has 1 fully saturated rings. The first-order chi connectivity index (χ1) is 13.2. The van der Waals surface area contributed by atoms with Crippen LogP contribution in [0, 0.1) is 20.8 Å². The van der Waals surface area contributed by atoms with Crippen LogP contribution in [-0.2, 0) is 18.4 Å². The number of aromatic nitrogens is 1. The highest BCUT2D eigenvalue weighted by molar-refractivity contribution is 5.98. The van der Waals surface area contributed by atoms with E-state index in [9.17, 15) is 14.4 Å². The molecule has 1 aliphatic heterocycles. The van der Waals surface area contributed by atoms with E-state index >= 15 is 0 Å². The molecule has 0 radical (unpaired) electrons. The Bertz CT molecular complexity index is 993. The Labute approximate surface area is 165 Å². The van der Waals surface area contributed by atoms with Gasteiger partial charge < -0.3 is 14.4 Å². The molecule has 1 aromatic heterocycles. The van der Waals surface area contributed by atoms with Crippen LogP contribution in [0.4, 0.5) is 0 Å². The number of piperazine rings is 1. The van der Waals surface area contributed by atoms with Gasteiger partial charge in [0, 0.05) is 32.4 Å². The first-order valence-corrected chi connectivity index (χ1v) is 9.53. The Hall–Kier alpha value is -2.89. The molecule has 0 aliphatic carbocycles. The summed E-state index contributed by atoms with van der Waals surface area (Å²) in [5, 5.41) is 0. The van der Waals surface area contributed by atoms with Crippen molar-refractivity contribution in [1.82, 2.24) is 14.4 Å². The number of hydrogen-bond acceptors (Lipinski definition) is 3. The lowest BCUT2D eigenvalue weighted by atomic mass is 10.1. The zero-order valence-electron chi connectivity index (χ0n) is 17.2. The van der Waals surface area contributed by atoms with Gasteiger partial charge >= 0.3 is 0 Å². The summed E-state index contributed by atoms with van der Waals surface area (Å²) >= 11 is 0. The minimum absolute atomic E-state index is 0.0956. The second-order valence-electron chi connectivity index (χ2n) is 7.61. The number of carbonyl (C=O) groups excluding carboxylic acids is 2. The third-order valence-electron chi connectivity index (χ3n) is 5.66. The van der Waals surface area contributed by atoms with Crippen LogP contribution in [0.1, 0.15) is 39.7 Å². The molecule has 1 aliphatic rings. The number of benzene rings is 1. The average Bonchev–Trinajstić information content (AvgIpc) is 2.66. The molecule has 0 N–H and O–H groups in total. The highest BCUT2D eigenvalue weighted by Crippen LogP contribution is 2.18. The van der Waals surface area contributed by atoms with E-state index in [1.165, 1.54) is 9.47 Å². The van der Waals surface area contributed by atoms with Crippen molar-refractivity contribution in [2.45, 2.75) is 40.3 Å². The van der Waals surface area contributed by atoms with Gasteiger partial charge in [-0.15, -0.1) is 0 Å². The summed E-state index contributed by atoms with van der Waals surface area (Å²) in [4.78, 5) is 41.8. The fourth-order valence-corrected chi connectivity index (χ4v) is 3.68. The molecule has 148 valence electrons. The maximum Gasteiger partial charge on any atom is 0.263 e. The second-order valence-corrected chi connectivity index (χ2v) is 7.61. The maximum atomic E-state index is 13.0. The van der Waals surface area contributed by atoms with Crippen molar-refractivity contribution in [3.63, 3.8) is 0 Å². The number of rotatable bonds is 3. The Morgan fingerprint density at radius 1 is 1.11 bits per heavy atom. The zero-order chi connectivity index (χ0) is 20.6. The topological polar surface area (TPSA) is 62.6 Å². The molecule has 0 bridgehead atoms. The number of carbonyl (C=O) groups is 2. The van der Waals surface area contributed by atoms with Crippen molar-refractivity contribution >= 4 is 11.8 Å². The maximum absolute atomic E-state index is 13.0. The molecule has 6 nitrogen and oxygen atoms in total. The fraction of sp³-hybridized carbons (Fsp3) is 0.409. The number of amides is 2. The van der Waals surface area contributed by atoms with E-state index in [-0.39, 0.29) is 22.9 Å². The van der Waals surface area contributed by atoms with E-state index in [1.807, 2.05) is 39.0 Å². The summed E-state index contributed by atoms with van der Waals surface area (Å²) in [5.74, 6) is -0.471. The van der Waals surface area contributed by atoms with Gasteiger partial charge in [0.05, 0.1) is 0 Å². The van der Waals surface area contributed by atoms with Crippen LogP contribution in [-0.4, -0.2) is 45.3 Å². The van der Waals surface area contributed by atoms with Gasteiger partial charge in [-0.3, -0.25) is 14.4 Å². The lowest BCUT2D eigenvalue weighted by molar-refractivity contribution is -0.140. The van der Waals surface area contributed by atoms with Gasteiger partial charge in [0.2, 0.25) is 5.91 Å². The summed E-state index contributed by atoms with van der Waals surface area (Å²) in [6, 6.07) is 9.10. The SMILES string of the molecule is Cc1cccc(CN2CCN(C(=O)c3cc(C)c(C)n(C)c3=O)C(C)C2=O)c1. The first-order valence-electron chi connectivity index (χ1n) is 9.53. The van der Waals surface area contributed by atoms with Crippen molar-refractivity contribution in [1.29, 1.82) is 0 Å². The monoisotopic (exact) mass is 381 g/mol. The number of hydrogen-bond donors (Lipinski definition) is 0. The van der Waals surface area contributed by atoms with Gasteiger partial charge in [-0.25, -0.2) is 0 Å². The predicted molar refractivity (Wildman–Crippen MR) is 108 cm³/mol. The average molecular weight is 381 g/mol. The van der Waals surface area contributed by atoms with Crippen molar-refractivity contribution < 1.29 is 9.59 Å². The van der Waals surface area contributed by atoms with Crippen LogP contribution < -0.4 is 5.56 Å². The van der Waals surface area contributed by atoms with Crippen LogP contribution in [0.3, 0.4) is 0 Å². The number of nitrogens with zero attached hydrogens (tertiary/aromatic N) is 3. The molecular weight excluding hydrogens is 354 g/mol. The van der Waals surface area contributed by atoms with Gasteiger partial charge in [-0.1, -0.05) is 29.8 Å². The van der Waals surface area contributed by atoms with Gasteiger partial charge in [0.15, 0.2) is 0 Å². The summed E-state index contributed by atoms with van der Waals surface area (Å²) < 4.78 is 1.49. The molecule has 0 spiro atoms. The van der Waals surface area contributed by atoms with E-state index in [0.29, 0.717) is 19.6 Å². The Morgan fingerprint density at radius 2 is 1.82 bits per heavy atom. The quantitative estimate of drug-likeness (QED) is 0.819. The van der Waals surface area contributed by atoms with E-state index in [0.717, 1.165) is 22.4 Å². The summed E-state index contributed by atoms with van der Waals surface area (Å²) in [6.07, 6.45) is 0. The third-order valence-corrected chi connectivity index (χ3v) is 5.66. The highest BCUT2D eigenvalue weighted by atomic mass is 16.2.